The third kappa shape index (κ3) is 3.86. The number of benzene rings is 3. The molecule has 3 aromatic carbocycles. The molecular formula is C18H13F4NO2S. The SMILES string of the molecule is O=S(=O)(NCc1cc(C(F)(F)F)ccc1F)c1ccc2ccccc2c1. The summed E-state index contributed by atoms with van der Waals surface area (Å²) in [6.45, 7) is -0.592. The van der Waals surface area contributed by atoms with Gasteiger partial charge in [0.15, 0.2) is 0 Å². The van der Waals surface area contributed by atoms with Crippen LogP contribution in [0.3, 0.4) is 0 Å². The molecule has 0 atom stereocenters. The van der Waals surface area contributed by atoms with Gasteiger partial charge in [-0.3, -0.25) is 0 Å². The number of fused-ring (bicyclic) bond motifs is 1. The van der Waals surface area contributed by atoms with E-state index >= 15 is 0 Å². The highest BCUT2D eigenvalue weighted by Gasteiger charge is 2.31. The fourth-order valence-corrected chi connectivity index (χ4v) is 3.52. The average Bonchev–Trinajstić information content (AvgIpc) is 2.59. The van der Waals surface area contributed by atoms with Gasteiger partial charge >= 0.3 is 6.18 Å². The zero-order valence-corrected chi connectivity index (χ0v) is 14.0. The van der Waals surface area contributed by atoms with Gasteiger partial charge in [-0.25, -0.2) is 17.5 Å². The maximum atomic E-state index is 13.7. The minimum atomic E-state index is -4.64. The molecule has 0 fully saturated rings. The van der Waals surface area contributed by atoms with E-state index in [1.54, 1.807) is 18.2 Å². The Kier molecular flexibility index (Phi) is 4.72. The van der Waals surface area contributed by atoms with E-state index in [1.165, 1.54) is 12.1 Å². The molecule has 0 bridgehead atoms. The summed E-state index contributed by atoms with van der Waals surface area (Å²) in [5, 5.41) is 1.54. The second-order valence-corrected chi connectivity index (χ2v) is 7.40. The fraction of sp³-hybridized carbons (Fsp3) is 0.111. The predicted molar refractivity (Wildman–Crippen MR) is 89.4 cm³/mol. The zero-order chi connectivity index (χ0) is 18.9. The topological polar surface area (TPSA) is 46.2 Å². The minimum Gasteiger partial charge on any atom is -0.207 e. The van der Waals surface area contributed by atoms with Gasteiger partial charge in [0.2, 0.25) is 10.0 Å². The molecule has 26 heavy (non-hydrogen) atoms. The van der Waals surface area contributed by atoms with E-state index in [1.807, 2.05) is 12.1 Å². The van der Waals surface area contributed by atoms with Gasteiger partial charge in [0, 0.05) is 12.1 Å². The van der Waals surface area contributed by atoms with Crippen molar-refractivity contribution in [2.75, 3.05) is 0 Å². The smallest absolute Gasteiger partial charge is 0.207 e. The Hall–Kier alpha value is -2.45. The molecule has 0 saturated carbocycles. The maximum absolute atomic E-state index is 13.7. The minimum absolute atomic E-state index is 0.0522. The third-order valence-corrected chi connectivity index (χ3v) is 5.26. The molecule has 0 aliphatic rings. The molecule has 3 rings (SSSR count). The monoisotopic (exact) mass is 383 g/mol. The van der Waals surface area contributed by atoms with Crippen LogP contribution in [0, 0.1) is 5.82 Å². The normalized spacial score (nSPS) is 12.5. The Bertz CT molecular complexity index is 1060. The standard InChI is InChI=1S/C18H13F4NO2S/c19-17-8-6-15(18(20,21)22)9-14(17)11-23-26(24,25)16-7-5-12-3-1-2-4-13(12)10-16/h1-10,23H,11H2. The summed E-state index contributed by atoms with van der Waals surface area (Å²) in [6.07, 6.45) is -4.64. The molecule has 0 spiro atoms. The Morgan fingerprint density at radius 3 is 2.27 bits per heavy atom. The Morgan fingerprint density at radius 2 is 1.58 bits per heavy atom. The van der Waals surface area contributed by atoms with Crippen molar-refractivity contribution in [3.63, 3.8) is 0 Å². The average molecular weight is 383 g/mol. The first kappa shape index (κ1) is 18.3. The summed E-state index contributed by atoms with van der Waals surface area (Å²) in [4.78, 5) is -0.0522. The second-order valence-electron chi connectivity index (χ2n) is 5.64. The Balaban J connectivity index is 1.86. The number of alkyl halides is 3. The van der Waals surface area contributed by atoms with Crippen molar-refractivity contribution in [1.29, 1.82) is 0 Å². The Morgan fingerprint density at radius 1 is 0.885 bits per heavy atom. The quantitative estimate of drug-likeness (QED) is 0.676. The fourth-order valence-electron chi connectivity index (χ4n) is 2.48. The van der Waals surface area contributed by atoms with E-state index in [-0.39, 0.29) is 10.5 Å². The number of hydrogen-bond donors (Lipinski definition) is 1. The third-order valence-electron chi connectivity index (χ3n) is 3.86. The largest absolute Gasteiger partial charge is 0.416 e. The van der Waals surface area contributed by atoms with Gasteiger partial charge in [0.1, 0.15) is 5.82 Å². The summed E-state index contributed by atoms with van der Waals surface area (Å²) < 4.78 is 78.8. The summed E-state index contributed by atoms with van der Waals surface area (Å²) in [7, 11) is -4.01. The lowest BCUT2D eigenvalue weighted by molar-refractivity contribution is -0.137. The molecule has 0 heterocycles. The van der Waals surface area contributed by atoms with Gasteiger partial charge in [-0.15, -0.1) is 0 Å². The van der Waals surface area contributed by atoms with Crippen molar-refractivity contribution in [3.05, 3.63) is 77.6 Å². The lowest BCUT2D eigenvalue weighted by atomic mass is 10.1. The molecule has 0 amide bonds. The molecule has 3 nitrogen and oxygen atoms in total. The number of sulfonamides is 1. The molecule has 136 valence electrons. The van der Waals surface area contributed by atoms with Crippen molar-refractivity contribution >= 4 is 20.8 Å². The van der Waals surface area contributed by atoms with Crippen LogP contribution in [0.1, 0.15) is 11.1 Å². The van der Waals surface area contributed by atoms with Crippen LogP contribution in [0.25, 0.3) is 10.8 Å². The lowest BCUT2D eigenvalue weighted by Crippen LogP contribution is -2.24. The second kappa shape index (κ2) is 6.69. The molecular weight excluding hydrogens is 370 g/mol. The van der Waals surface area contributed by atoms with Crippen LogP contribution in [0.15, 0.2) is 65.6 Å². The van der Waals surface area contributed by atoms with Gasteiger partial charge in [-0.05, 0) is 41.1 Å². The molecule has 0 saturated heterocycles. The summed E-state index contributed by atoms with van der Waals surface area (Å²) in [6, 6.07) is 13.4. The number of halogens is 4. The molecule has 8 heteroatoms. The van der Waals surface area contributed by atoms with Gasteiger partial charge in [-0.2, -0.15) is 13.2 Å². The van der Waals surface area contributed by atoms with Crippen molar-refractivity contribution in [2.24, 2.45) is 0 Å². The van der Waals surface area contributed by atoms with E-state index in [2.05, 4.69) is 4.72 Å². The molecule has 0 aliphatic heterocycles. The van der Waals surface area contributed by atoms with Gasteiger partial charge in [0.05, 0.1) is 10.5 Å². The highest BCUT2D eigenvalue weighted by atomic mass is 32.2. The van der Waals surface area contributed by atoms with Gasteiger partial charge < -0.3 is 0 Å². The van der Waals surface area contributed by atoms with Crippen LogP contribution in [-0.4, -0.2) is 8.42 Å². The van der Waals surface area contributed by atoms with Gasteiger partial charge in [0.25, 0.3) is 0 Å². The van der Waals surface area contributed by atoms with E-state index in [0.717, 1.165) is 5.39 Å². The van der Waals surface area contributed by atoms with Crippen molar-refractivity contribution in [1.82, 2.24) is 4.72 Å². The first-order valence-electron chi connectivity index (χ1n) is 7.51. The van der Waals surface area contributed by atoms with Crippen LogP contribution < -0.4 is 4.72 Å². The van der Waals surface area contributed by atoms with Crippen LogP contribution in [0.5, 0.6) is 0 Å². The molecule has 3 aromatic rings. The van der Waals surface area contributed by atoms with Crippen LogP contribution in [0.2, 0.25) is 0 Å². The first-order valence-corrected chi connectivity index (χ1v) is 8.99. The van der Waals surface area contributed by atoms with Crippen LogP contribution in [-0.2, 0) is 22.7 Å². The summed E-state index contributed by atoms with van der Waals surface area (Å²) >= 11 is 0. The highest BCUT2D eigenvalue weighted by molar-refractivity contribution is 7.89. The maximum Gasteiger partial charge on any atom is 0.416 e. The van der Waals surface area contributed by atoms with E-state index in [4.69, 9.17) is 0 Å². The van der Waals surface area contributed by atoms with Crippen LogP contribution >= 0.6 is 0 Å². The van der Waals surface area contributed by atoms with E-state index < -0.39 is 34.1 Å². The first-order chi connectivity index (χ1) is 12.2. The molecule has 0 radical (unpaired) electrons. The van der Waals surface area contributed by atoms with Crippen molar-refractivity contribution in [2.45, 2.75) is 17.6 Å². The van der Waals surface area contributed by atoms with Gasteiger partial charge in [-0.1, -0.05) is 30.3 Å². The zero-order valence-electron chi connectivity index (χ0n) is 13.2. The predicted octanol–water partition coefficient (Wildman–Crippen LogP) is 4.48. The van der Waals surface area contributed by atoms with Crippen molar-refractivity contribution in [3.8, 4) is 0 Å². The summed E-state index contributed by atoms with van der Waals surface area (Å²) in [5.74, 6) is -0.917. The Labute approximate surface area is 147 Å². The lowest BCUT2D eigenvalue weighted by Gasteiger charge is -2.11. The molecule has 1 N–H and O–H groups in total. The summed E-state index contributed by atoms with van der Waals surface area (Å²) in [5.41, 5.74) is -1.43. The van der Waals surface area contributed by atoms with E-state index in [9.17, 15) is 26.0 Å². The van der Waals surface area contributed by atoms with E-state index in [0.29, 0.717) is 23.6 Å². The molecule has 0 aliphatic carbocycles. The highest BCUT2D eigenvalue weighted by Crippen LogP contribution is 2.30. The number of hydrogen-bond acceptors (Lipinski definition) is 2. The number of nitrogens with one attached hydrogen (secondary N) is 1. The van der Waals surface area contributed by atoms with Crippen LogP contribution in [0.4, 0.5) is 17.6 Å². The molecule has 0 unspecified atom stereocenters. The van der Waals surface area contributed by atoms with Crippen molar-refractivity contribution < 1.29 is 26.0 Å². The molecule has 0 aromatic heterocycles. The number of rotatable bonds is 4.